The van der Waals surface area contributed by atoms with Crippen LogP contribution in [0.1, 0.15) is 22.9 Å². The Balaban J connectivity index is 1.58. The van der Waals surface area contributed by atoms with E-state index in [1.54, 1.807) is 29.4 Å². The maximum atomic E-state index is 13.4. The molecule has 5 nitrogen and oxygen atoms in total. The number of likely N-dealkylation sites (N-methyl/N-ethyl adjacent to an activating group) is 1. The molecule has 0 saturated carbocycles. The lowest BCUT2D eigenvalue weighted by Crippen LogP contribution is -2.36. The van der Waals surface area contributed by atoms with Gasteiger partial charge in [-0.2, -0.15) is 0 Å². The summed E-state index contributed by atoms with van der Waals surface area (Å²) in [5, 5.41) is 3.47. The van der Waals surface area contributed by atoms with Crippen LogP contribution in [0.2, 0.25) is 0 Å². The molecular formula is C19H16FN3O2S. The van der Waals surface area contributed by atoms with Gasteiger partial charge in [0, 0.05) is 19.2 Å². The van der Waals surface area contributed by atoms with Gasteiger partial charge in [-0.05, 0) is 29.8 Å². The molecule has 4 rings (SSSR count). The summed E-state index contributed by atoms with van der Waals surface area (Å²) >= 11 is 1.54. The first-order chi connectivity index (χ1) is 12.5. The van der Waals surface area contributed by atoms with Crippen LogP contribution in [0, 0.1) is 5.82 Å². The number of fused-ring (bicyclic) bond motifs is 2. The highest BCUT2D eigenvalue weighted by molar-refractivity contribution is 7.18. The van der Waals surface area contributed by atoms with Gasteiger partial charge >= 0.3 is 0 Å². The first-order valence-corrected chi connectivity index (χ1v) is 9.01. The molecule has 2 amide bonds. The molecule has 1 atom stereocenters. The highest BCUT2D eigenvalue weighted by Gasteiger charge is 2.32. The van der Waals surface area contributed by atoms with Crippen molar-refractivity contribution in [2.24, 2.45) is 0 Å². The molecule has 26 heavy (non-hydrogen) atoms. The van der Waals surface area contributed by atoms with Crippen molar-refractivity contribution < 1.29 is 14.0 Å². The molecule has 0 unspecified atom stereocenters. The van der Waals surface area contributed by atoms with Crippen LogP contribution in [0.4, 0.5) is 10.1 Å². The maximum Gasteiger partial charge on any atom is 0.230 e. The van der Waals surface area contributed by atoms with E-state index >= 15 is 0 Å². The van der Waals surface area contributed by atoms with E-state index in [0.717, 1.165) is 15.2 Å². The number of rotatable bonds is 3. The minimum absolute atomic E-state index is 0.0572. The molecular weight excluding hydrogens is 353 g/mol. The van der Waals surface area contributed by atoms with Gasteiger partial charge in [0.05, 0.1) is 22.7 Å². The molecule has 1 aromatic heterocycles. The molecule has 7 heteroatoms. The number of thiazole rings is 1. The zero-order valence-corrected chi connectivity index (χ0v) is 14.8. The molecule has 0 spiro atoms. The number of benzene rings is 2. The normalized spacial score (nSPS) is 16.2. The number of halogens is 1. The third-order valence-corrected chi connectivity index (χ3v) is 5.46. The van der Waals surface area contributed by atoms with Crippen molar-refractivity contribution in [1.29, 1.82) is 0 Å². The molecule has 2 aromatic carbocycles. The van der Waals surface area contributed by atoms with Crippen LogP contribution in [-0.2, 0) is 16.1 Å². The molecule has 0 aliphatic carbocycles. The minimum Gasteiger partial charge on any atom is -0.338 e. The predicted molar refractivity (Wildman–Crippen MR) is 98.5 cm³/mol. The van der Waals surface area contributed by atoms with E-state index in [-0.39, 0.29) is 18.2 Å². The van der Waals surface area contributed by atoms with E-state index in [1.165, 1.54) is 12.1 Å². The van der Waals surface area contributed by atoms with Crippen molar-refractivity contribution in [2.75, 3.05) is 12.4 Å². The number of hydrogen-bond acceptors (Lipinski definition) is 4. The average Bonchev–Trinajstić information content (AvgIpc) is 3.02. The number of aromatic nitrogens is 1. The van der Waals surface area contributed by atoms with E-state index in [2.05, 4.69) is 10.3 Å². The topological polar surface area (TPSA) is 62.3 Å². The monoisotopic (exact) mass is 369 g/mol. The summed E-state index contributed by atoms with van der Waals surface area (Å²) in [5.41, 5.74) is 1.92. The van der Waals surface area contributed by atoms with E-state index in [1.807, 2.05) is 24.3 Å². The van der Waals surface area contributed by atoms with Crippen molar-refractivity contribution in [3.8, 4) is 0 Å². The molecule has 132 valence electrons. The molecule has 1 aliphatic heterocycles. The number of amides is 2. The standard InChI is InChI=1S/C19H16FN3O2S/c1-23(10-18-22-14-4-2-3-5-16(14)26-18)19(25)13-9-17(24)21-15-8-11(20)6-7-12(13)15/h2-8,13H,9-10H2,1H3,(H,21,24)/t13-/m0/s1. The number of para-hydroxylation sites is 1. The van der Waals surface area contributed by atoms with E-state index in [9.17, 15) is 14.0 Å². The lowest BCUT2D eigenvalue weighted by atomic mass is 9.89. The lowest BCUT2D eigenvalue weighted by molar-refractivity contribution is -0.134. The van der Waals surface area contributed by atoms with Gasteiger partial charge in [-0.15, -0.1) is 11.3 Å². The Hall–Kier alpha value is -2.80. The van der Waals surface area contributed by atoms with Crippen molar-refractivity contribution in [1.82, 2.24) is 9.88 Å². The lowest BCUT2D eigenvalue weighted by Gasteiger charge is -2.28. The second-order valence-corrected chi connectivity index (χ2v) is 7.42. The fourth-order valence-electron chi connectivity index (χ4n) is 3.19. The van der Waals surface area contributed by atoms with Crippen LogP contribution in [-0.4, -0.2) is 28.7 Å². The highest BCUT2D eigenvalue weighted by atomic mass is 32.1. The van der Waals surface area contributed by atoms with Gasteiger partial charge in [-0.25, -0.2) is 9.37 Å². The quantitative estimate of drug-likeness (QED) is 0.768. The summed E-state index contributed by atoms with van der Waals surface area (Å²) in [6, 6.07) is 11.9. The van der Waals surface area contributed by atoms with Crippen LogP contribution in [0.25, 0.3) is 10.2 Å². The SMILES string of the molecule is CN(Cc1nc2ccccc2s1)C(=O)[C@H]1CC(=O)Nc2cc(F)ccc21. The van der Waals surface area contributed by atoms with Crippen LogP contribution in [0.3, 0.4) is 0 Å². The van der Waals surface area contributed by atoms with E-state index < -0.39 is 11.7 Å². The summed E-state index contributed by atoms with van der Waals surface area (Å²) < 4.78 is 14.5. The van der Waals surface area contributed by atoms with Crippen LogP contribution < -0.4 is 5.32 Å². The molecule has 1 aliphatic rings. The summed E-state index contributed by atoms with van der Waals surface area (Å²) in [6.07, 6.45) is 0.0572. The molecule has 0 radical (unpaired) electrons. The van der Waals surface area contributed by atoms with Gasteiger partial charge in [-0.3, -0.25) is 9.59 Å². The largest absolute Gasteiger partial charge is 0.338 e. The average molecular weight is 369 g/mol. The Morgan fingerprint density at radius 1 is 1.35 bits per heavy atom. The van der Waals surface area contributed by atoms with Gasteiger partial charge in [-0.1, -0.05) is 18.2 Å². The Bertz CT molecular complexity index is 984. The minimum atomic E-state index is -0.612. The molecule has 0 fully saturated rings. The highest BCUT2D eigenvalue weighted by Crippen LogP contribution is 2.34. The maximum absolute atomic E-state index is 13.4. The molecule has 0 saturated heterocycles. The third kappa shape index (κ3) is 3.06. The zero-order valence-electron chi connectivity index (χ0n) is 14.0. The van der Waals surface area contributed by atoms with E-state index in [0.29, 0.717) is 17.8 Å². The number of anilines is 1. The van der Waals surface area contributed by atoms with Crippen LogP contribution in [0.5, 0.6) is 0 Å². The van der Waals surface area contributed by atoms with E-state index in [4.69, 9.17) is 0 Å². The Morgan fingerprint density at radius 2 is 2.15 bits per heavy atom. The third-order valence-electron chi connectivity index (χ3n) is 4.44. The molecule has 3 aromatic rings. The van der Waals surface area contributed by atoms with Crippen LogP contribution >= 0.6 is 11.3 Å². The van der Waals surface area contributed by atoms with Crippen molar-refractivity contribution in [2.45, 2.75) is 18.9 Å². The first-order valence-electron chi connectivity index (χ1n) is 8.20. The fraction of sp³-hybridized carbons (Fsp3) is 0.211. The van der Waals surface area contributed by atoms with Gasteiger partial charge in [0.2, 0.25) is 11.8 Å². The molecule has 0 bridgehead atoms. The van der Waals surface area contributed by atoms with Crippen molar-refractivity contribution in [3.05, 3.63) is 58.9 Å². The van der Waals surface area contributed by atoms with Crippen molar-refractivity contribution in [3.63, 3.8) is 0 Å². The van der Waals surface area contributed by atoms with Gasteiger partial charge < -0.3 is 10.2 Å². The number of carbonyl (C=O) groups is 2. The van der Waals surface area contributed by atoms with Crippen molar-refractivity contribution >= 4 is 39.1 Å². The Morgan fingerprint density at radius 3 is 2.96 bits per heavy atom. The second kappa shape index (κ2) is 6.49. The molecule has 1 N–H and O–H groups in total. The molecule has 2 heterocycles. The first kappa shape index (κ1) is 16.7. The van der Waals surface area contributed by atoms with Crippen LogP contribution in [0.15, 0.2) is 42.5 Å². The number of nitrogens with zero attached hydrogens (tertiary/aromatic N) is 2. The zero-order chi connectivity index (χ0) is 18.3. The summed E-state index contributed by atoms with van der Waals surface area (Å²) in [4.78, 5) is 31.0. The number of hydrogen-bond donors (Lipinski definition) is 1. The second-order valence-electron chi connectivity index (χ2n) is 6.31. The number of carbonyl (C=O) groups excluding carboxylic acids is 2. The smallest absolute Gasteiger partial charge is 0.230 e. The fourth-order valence-corrected chi connectivity index (χ4v) is 4.21. The Kier molecular flexibility index (Phi) is 4.16. The van der Waals surface area contributed by atoms with Gasteiger partial charge in [0.15, 0.2) is 0 Å². The predicted octanol–water partition coefficient (Wildman–Crippen LogP) is 3.52. The number of nitrogens with one attached hydrogen (secondary N) is 1. The Labute approximate surface area is 153 Å². The summed E-state index contributed by atoms with van der Waals surface area (Å²) in [5.74, 6) is -1.51. The van der Waals surface area contributed by atoms with Gasteiger partial charge in [0.25, 0.3) is 0 Å². The van der Waals surface area contributed by atoms with Gasteiger partial charge in [0.1, 0.15) is 10.8 Å². The summed E-state index contributed by atoms with van der Waals surface area (Å²) in [7, 11) is 1.70. The summed E-state index contributed by atoms with van der Waals surface area (Å²) in [6.45, 7) is 0.368.